The fourth-order valence-corrected chi connectivity index (χ4v) is 0. The molecule has 0 aliphatic heterocycles. The first-order chi connectivity index (χ1) is 12.0. The van der Waals surface area contributed by atoms with Crippen LogP contribution in [0.5, 0.6) is 0 Å². The second-order valence-electron chi connectivity index (χ2n) is 0. The Balaban J connectivity index is -0.00000000396. The number of nitrogens with zero attached hydrogens (tertiary/aromatic N) is 12. The third-order valence-corrected chi connectivity index (χ3v) is 0. The molecule has 153 valence electrons. The van der Waals surface area contributed by atoms with Crippen molar-refractivity contribution in [2.24, 2.45) is 0 Å². The van der Waals surface area contributed by atoms with E-state index in [0.717, 1.165) is 0 Å². The zero-order valence-electron chi connectivity index (χ0n) is 12.7. The van der Waals surface area contributed by atoms with Gasteiger partial charge in [0, 0.05) is 17.1 Å². The molecular formula is C12CuFeN12Ni2-6. The van der Waals surface area contributed by atoms with E-state index in [1.54, 1.807) is 0 Å². The van der Waals surface area contributed by atoms with E-state index in [4.69, 9.17) is 142 Å². The Morgan fingerprint density at radius 3 is 0.214 bits per heavy atom. The fourth-order valence-electron chi connectivity index (χ4n) is 0. The normalized spacial score (nSPS) is 0.857. The largest absolute Gasteiger partial charge is 2.00 e. The number of hydrogen-bond donors (Lipinski definition) is 0. The molecule has 0 unspecified atom stereocenters. The van der Waals surface area contributed by atoms with Gasteiger partial charge in [-0.1, -0.05) is 0 Å². The van der Waals surface area contributed by atoms with Gasteiger partial charge in [-0.05, 0) is 0 Å². The Morgan fingerprint density at radius 2 is 0.214 bits per heavy atom. The molecule has 0 saturated carbocycles. The maximum atomic E-state index is 6.25. The van der Waals surface area contributed by atoms with Crippen molar-refractivity contribution < 1.29 is 67.1 Å². The Morgan fingerprint density at radius 1 is 0.214 bits per heavy atom. The minimum Gasteiger partial charge on any atom is -0.512 e. The van der Waals surface area contributed by atoms with Gasteiger partial charge in [0.15, 0.2) is 0 Å². The third kappa shape index (κ3) is 571. The summed E-state index contributed by atoms with van der Waals surface area (Å²) in [5.74, 6) is 0. The van der Waals surface area contributed by atoms with Crippen LogP contribution in [0.2, 0.25) is 0 Å². The summed E-state index contributed by atoms with van der Waals surface area (Å²) in [5.41, 5.74) is 0. The van der Waals surface area contributed by atoms with Crippen LogP contribution in [0.3, 0.4) is 0 Å². The summed E-state index contributed by atoms with van der Waals surface area (Å²) in [6.07, 6.45) is 0. The van der Waals surface area contributed by atoms with Crippen molar-refractivity contribution in [1.29, 1.82) is 63.1 Å². The van der Waals surface area contributed by atoms with E-state index in [1.165, 1.54) is 0 Å². The van der Waals surface area contributed by atoms with Crippen molar-refractivity contribution in [3.8, 4) is 0 Å². The molecular weight excluding hydrogens is 549 g/mol. The standard InChI is InChI=1S/12CN.Cu.Fe.2Ni/c12*1-2;;;;/q12*-1;;3*+2. The molecule has 0 saturated heterocycles. The van der Waals surface area contributed by atoms with Crippen LogP contribution in [0.4, 0.5) is 0 Å². The molecule has 0 aromatic rings. The zero-order valence-corrected chi connectivity index (χ0v) is 16.7. The summed E-state index contributed by atoms with van der Waals surface area (Å²) in [6.45, 7) is 57.0. The monoisotopic (exact) mass is 547 g/mol. The molecule has 0 aromatic heterocycles. The van der Waals surface area contributed by atoms with Gasteiger partial charge in [-0.25, -0.2) is 0 Å². The van der Waals surface area contributed by atoms with Crippen LogP contribution < -0.4 is 0 Å². The van der Waals surface area contributed by atoms with E-state index in [-0.39, 0.29) is 67.1 Å². The Hall–Kier alpha value is -4.09. The van der Waals surface area contributed by atoms with Crippen molar-refractivity contribution in [3.05, 3.63) is 78.9 Å². The fraction of sp³-hybridized carbons (Fsp3) is 0. The van der Waals surface area contributed by atoms with Crippen LogP contribution in [-0.2, 0) is 67.1 Å². The molecule has 0 bridgehead atoms. The van der Waals surface area contributed by atoms with Crippen molar-refractivity contribution in [3.63, 3.8) is 0 Å². The second-order valence-corrected chi connectivity index (χ2v) is 0. The van der Waals surface area contributed by atoms with Crippen LogP contribution in [0.1, 0.15) is 0 Å². The molecule has 0 N–H and O–H groups in total. The quantitative estimate of drug-likeness (QED) is 0.304. The predicted molar refractivity (Wildman–Crippen MR) is 59.6 cm³/mol. The van der Waals surface area contributed by atoms with Gasteiger partial charge in [-0.3, -0.25) is 0 Å². The van der Waals surface area contributed by atoms with E-state index in [2.05, 4.69) is 0 Å². The molecule has 0 aromatic carbocycles. The molecule has 1 radical (unpaired) electrons. The van der Waals surface area contributed by atoms with Gasteiger partial charge in [-0.15, -0.1) is 0 Å². The van der Waals surface area contributed by atoms with E-state index < -0.39 is 0 Å². The maximum Gasteiger partial charge on any atom is 2.00 e. The summed E-state index contributed by atoms with van der Waals surface area (Å²) in [7, 11) is 0. The molecule has 0 aliphatic rings. The maximum absolute atomic E-state index is 6.25. The molecule has 16 heteroatoms. The minimum atomic E-state index is 0. The van der Waals surface area contributed by atoms with E-state index >= 15 is 0 Å². The average Bonchev–Trinajstić information content (AvgIpc) is 2.84. The predicted octanol–water partition coefficient (Wildman–Crippen LogP) is 1.15. The van der Waals surface area contributed by atoms with Gasteiger partial charge in [0.1, 0.15) is 0 Å². The molecule has 0 rings (SSSR count). The summed E-state index contributed by atoms with van der Waals surface area (Å²) in [5, 5.41) is 75.0. The Bertz CT molecular complexity index is 233. The van der Waals surface area contributed by atoms with Crippen molar-refractivity contribution in [1.82, 2.24) is 0 Å². The minimum absolute atomic E-state index is 0. The number of hydrogen-bond acceptors (Lipinski definition) is 12. The second kappa shape index (κ2) is 656. The van der Waals surface area contributed by atoms with Crippen LogP contribution in [0, 0.1) is 142 Å². The van der Waals surface area contributed by atoms with E-state index in [0.29, 0.717) is 0 Å². The molecule has 0 spiro atoms. The SMILES string of the molecule is [C-]#N.[C-]#N.[C-]#N.[C-]#N.[C-]#N.[C-]#N.[C-]#N.[C-]#N.[C-]#N.[C-]#N.[C-]#N.[C-]#N.[Cu].[Fe+2].[Ni+2].[Ni+2]. The molecule has 0 atom stereocenters. The van der Waals surface area contributed by atoms with Gasteiger partial charge < -0.3 is 142 Å². The van der Waals surface area contributed by atoms with Crippen molar-refractivity contribution >= 4 is 0 Å². The average molecular weight is 549 g/mol. The van der Waals surface area contributed by atoms with E-state index in [1.807, 2.05) is 0 Å². The van der Waals surface area contributed by atoms with Gasteiger partial charge >= 0.3 is 50.1 Å². The van der Waals surface area contributed by atoms with Gasteiger partial charge in [0.05, 0.1) is 0 Å². The van der Waals surface area contributed by atoms with E-state index in [9.17, 15) is 0 Å². The Kier molecular flexibility index (Phi) is 4700. The van der Waals surface area contributed by atoms with Crippen LogP contribution in [0.15, 0.2) is 0 Å². The first-order valence-electron chi connectivity index (χ1n) is 2.68. The molecule has 28 heavy (non-hydrogen) atoms. The third-order valence-electron chi connectivity index (χ3n) is 0. The molecule has 0 fully saturated rings. The van der Waals surface area contributed by atoms with Gasteiger partial charge in [0.25, 0.3) is 0 Å². The first-order valence-corrected chi connectivity index (χ1v) is 2.68. The first kappa shape index (κ1) is 201. The molecule has 0 aliphatic carbocycles. The summed E-state index contributed by atoms with van der Waals surface area (Å²) in [4.78, 5) is 0. The molecule has 12 nitrogen and oxygen atoms in total. The van der Waals surface area contributed by atoms with Crippen LogP contribution in [-0.4, -0.2) is 0 Å². The summed E-state index contributed by atoms with van der Waals surface area (Å²) in [6, 6.07) is 0. The van der Waals surface area contributed by atoms with Crippen molar-refractivity contribution in [2.75, 3.05) is 0 Å². The Labute approximate surface area is 208 Å². The number of rotatable bonds is 0. The topological polar surface area (TPSA) is 285 Å². The van der Waals surface area contributed by atoms with Crippen LogP contribution >= 0.6 is 0 Å². The van der Waals surface area contributed by atoms with Gasteiger partial charge in [-0.2, -0.15) is 0 Å². The summed E-state index contributed by atoms with van der Waals surface area (Å²) >= 11 is 0. The molecule has 0 amide bonds. The summed E-state index contributed by atoms with van der Waals surface area (Å²) < 4.78 is 0. The molecule has 0 heterocycles. The van der Waals surface area contributed by atoms with Crippen LogP contribution in [0.25, 0.3) is 0 Å². The zero-order chi connectivity index (χ0) is 24.0. The van der Waals surface area contributed by atoms with Gasteiger partial charge in [0.2, 0.25) is 0 Å². The smallest absolute Gasteiger partial charge is 0.512 e. The van der Waals surface area contributed by atoms with Crippen molar-refractivity contribution in [2.45, 2.75) is 0 Å².